The van der Waals surface area contributed by atoms with Crippen molar-refractivity contribution in [3.05, 3.63) is 35.9 Å². The summed E-state index contributed by atoms with van der Waals surface area (Å²) in [6.45, 7) is -0.574. The lowest BCUT2D eigenvalue weighted by atomic mass is 10.2. The van der Waals surface area contributed by atoms with Crippen molar-refractivity contribution in [1.29, 1.82) is 0 Å². The van der Waals surface area contributed by atoms with Crippen LogP contribution in [0.2, 0.25) is 0 Å². The van der Waals surface area contributed by atoms with E-state index in [4.69, 9.17) is 0 Å². The standard InChI is InChI=1S/C13H7F11O2S2/c14-9(15,10(16,17)18)12(22,23)26-13(24,11(19,20)21)28-8(27)25-6-7-4-2-1-3-5-7/h1-5H,6H2. The minimum atomic E-state index is -7.13. The largest absolute Gasteiger partial charge is 0.474 e. The second kappa shape index (κ2) is 8.18. The molecule has 0 aromatic heterocycles. The summed E-state index contributed by atoms with van der Waals surface area (Å²) in [5.41, 5.74) is 0.289. The number of halogens is 11. The van der Waals surface area contributed by atoms with Gasteiger partial charge in [0.05, 0.1) is 0 Å². The second-order valence-corrected chi connectivity index (χ2v) is 6.58. The summed E-state index contributed by atoms with van der Waals surface area (Å²) >= 11 is 2.73. The van der Waals surface area contributed by atoms with E-state index in [0.717, 1.165) is 0 Å². The van der Waals surface area contributed by atoms with Gasteiger partial charge in [-0.2, -0.15) is 48.3 Å². The Kier molecular flexibility index (Phi) is 7.21. The molecule has 15 heteroatoms. The van der Waals surface area contributed by atoms with Crippen molar-refractivity contribution in [2.24, 2.45) is 0 Å². The highest BCUT2D eigenvalue weighted by Gasteiger charge is 2.78. The quantitative estimate of drug-likeness (QED) is 0.281. The molecule has 0 aliphatic rings. The van der Waals surface area contributed by atoms with Gasteiger partial charge in [-0.15, -0.1) is 0 Å². The molecule has 0 N–H and O–H groups in total. The molecule has 160 valence electrons. The van der Waals surface area contributed by atoms with Crippen molar-refractivity contribution in [3.8, 4) is 0 Å². The Hall–Kier alpha value is -1.35. The third-order valence-electron chi connectivity index (χ3n) is 2.73. The molecule has 0 fully saturated rings. The topological polar surface area (TPSA) is 18.5 Å². The first-order chi connectivity index (χ1) is 12.4. The van der Waals surface area contributed by atoms with Gasteiger partial charge in [-0.25, -0.2) is 0 Å². The molecule has 0 aliphatic carbocycles. The molecule has 0 heterocycles. The second-order valence-electron chi connectivity index (χ2n) is 4.85. The van der Waals surface area contributed by atoms with E-state index in [2.05, 4.69) is 21.7 Å². The molecule has 0 aliphatic heterocycles. The summed E-state index contributed by atoms with van der Waals surface area (Å²) in [6, 6.07) is 7.24. The van der Waals surface area contributed by atoms with Crippen LogP contribution in [-0.2, 0) is 16.1 Å². The number of hydrogen-bond acceptors (Lipinski definition) is 4. The average molecular weight is 468 g/mol. The van der Waals surface area contributed by atoms with Crippen molar-refractivity contribution >= 4 is 28.4 Å². The van der Waals surface area contributed by atoms with Crippen LogP contribution in [0.15, 0.2) is 30.3 Å². The van der Waals surface area contributed by atoms with E-state index >= 15 is 0 Å². The van der Waals surface area contributed by atoms with Crippen LogP contribution >= 0.6 is 24.0 Å². The number of thioether (sulfide) groups is 1. The molecule has 1 aromatic rings. The average Bonchev–Trinajstić information content (AvgIpc) is 2.51. The lowest BCUT2D eigenvalue weighted by Crippen LogP contribution is -2.58. The Bertz CT molecular complexity index is 675. The Balaban J connectivity index is 3.01. The molecule has 0 amide bonds. The van der Waals surface area contributed by atoms with Crippen LogP contribution in [0.3, 0.4) is 0 Å². The molecule has 0 saturated carbocycles. The van der Waals surface area contributed by atoms with Crippen molar-refractivity contribution in [2.75, 3.05) is 0 Å². The van der Waals surface area contributed by atoms with E-state index in [1.54, 1.807) is 6.07 Å². The smallest absolute Gasteiger partial charge is 0.462 e. The fraction of sp³-hybridized carbons (Fsp3) is 0.462. The van der Waals surface area contributed by atoms with Crippen LogP contribution in [0.4, 0.5) is 48.3 Å². The van der Waals surface area contributed by atoms with Crippen LogP contribution < -0.4 is 0 Å². The number of thiocarbonyl (C=S) groups is 1. The zero-order chi connectivity index (χ0) is 22.0. The Labute approximate surface area is 159 Å². The van der Waals surface area contributed by atoms with Gasteiger partial charge in [0, 0.05) is 11.8 Å². The summed E-state index contributed by atoms with van der Waals surface area (Å²) in [5.74, 6) is -7.13. The van der Waals surface area contributed by atoms with Crippen LogP contribution in [0.25, 0.3) is 0 Å². The van der Waals surface area contributed by atoms with Gasteiger partial charge in [-0.3, -0.25) is 4.74 Å². The minimum Gasteiger partial charge on any atom is -0.474 e. The maximum Gasteiger partial charge on any atom is 0.462 e. The third-order valence-corrected chi connectivity index (χ3v) is 3.96. The molecule has 1 atom stereocenters. The highest BCUT2D eigenvalue weighted by molar-refractivity contribution is 8.23. The van der Waals surface area contributed by atoms with Gasteiger partial charge >= 0.3 is 29.6 Å². The van der Waals surface area contributed by atoms with Gasteiger partial charge in [0.1, 0.15) is 6.61 Å². The van der Waals surface area contributed by atoms with Crippen molar-refractivity contribution in [3.63, 3.8) is 0 Å². The first-order valence-corrected chi connectivity index (χ1v) is 7.83. The Morgan fingerprint density at radius 1 is 0.821 bits per heavy atom. The van der Waals surface area contributed by atoms with Gasteiger partial charge < -0.3 is 4.74 Å². The monoisotopic (exact) mass is 468 g/mol. The summed E-state index contributed by atoms with van der Waals surface area (Å²) in [5, 5.41) is -5.76. The lowest BCUT2D eigenvalue weighted by molar-refractivity contribution is -0.464. The van der Waals surface area contributed by atoms with Crippen LogP contribution in [0.1, 0.15) is 5.56 Å². The molecule has 0 saturated heterocycles. The van der Waals surface area contributed by atoms with E-state index in [9.17, 15) is 48.3 Å². The molecule has 1 unspecified atom stereocenters. The predicted octanol–water partition coefficient (Wildman–Crippen LogP) is 6.21. The number of alkyl halides is 11. The summed E-state index contributed by atoms with van der Waals surface area (Å²) < 4.78 is 145. The van der Waals surface area contributed by atoms with E-state index in [-0.39, 0.29) is 5.56 Å². The molecule has 1 rings (SSSR count). The van der Waals surface area contributed by atoms with Gasteiger partial charge in [0.2, 0.25) is 4.38 Å². The van der Waals surface area contributed by atoms with Crippen LogP contribution in [-0.4, -0.2) is 34.0 Å². The van der Waals surface area contributed by atoms with Crippen molar-refractivity contribution in [1.82, 2.24) is 0 Å². The van der Waals surface area contributed by atoms with E-state index in [0.29, 0.717) is 0 Å². The summed E-state index contributed by atoms with van der Waals surface area (Å²) in [6.07, 6.45) is -20.4. The van der Waals surface area contributed by atoms with E-state index in [1.807, 2.05) is 0 Å². The molecule has 0 spiro atoms. The first-order valence-electron chi connectivity index (χ1n) is 6.61. The van der Waals surface area contributed by atoms with Gasteiger partial charge in [-0.05, 0) is 17.8 Å². The normalized spacial score (nSPS) is 15.8. The van der Waals surface area contributed by atoms with E-state index < -0.39 is 52.3 Å². The maximum atomic E-state index is 14.0. The first kappa shape index (κ1) is 24.7. The fourth-order valence-corrected chi connectivity index (χ4v) is 2.36. The number of hydrogen-bond donors (Lipinski definition) is 0. The molecule has 0 bridgehead atoms. The highest BCUT2D eigenvalue weighted by atomic mass is 32.2. The molecule has 0 radical (unpaired) electrons. The molecule has 2 nitrogen and oxygen atoms in total. The molecular formula is C13H7F11O2S2. The third kappa shape index (κ3) is 5.59. The summed E-state index contributed by atoms with van der Waals surface area (Å²) in [7, 11) is 0. The maximum absolute atomic E-state index is 14.0. The van der Waals surface area contributed by atoms with Gasteiger partial charge in [-0.1, -0.05) is 30.3 Å². The number of benzene rings is 1. The molecule has 28 heavy (non-hydrogen) atoms. The fourth-order valence-electron chi connectivity index (χ4n) is 1.38. The highest BCUT2D eigenvalue weighted by Crippen LogP contribution is 2.54. The zero-order valence-electron chi connectivity index (χ0n) is 12.9. The SMILES string of the molecule is FC(F)(F)C(F)(OC(F)(F)C(F)(F)C(F)(F)F)SC(=S)OCc1ccccc1. The summed E-state index contributed by atoms with van der Waals surface area (Å²) in [4.78, 5) is 0. The van der Waals surface area contributed by atoms with Gasteiger partial charge in [0.25, 0.3) is 0 Å². The zero-order valence-corrected chi connectivity index (χ0v) is 14.5. The predicted molar refractivity (Wildman–Crippen MR) is 78.3 cm³/mol. The van der Waals surface area contributed by atoms with Crippen LogP contribution in [0, 0.1) is 0 Å². The van der Waals surface area contributed by atoms with Gasteiger partial charge in [0.15, 0.2) is 0 Å². The molecule has 1 aromatic carbocycles. The Morgan fingerprint density at radius 3 is 1.75 bits per heavy atom. The number of ether oxygens (including phenoxy) is 2. The Morgan fingerprint density at radius 2 is 1.32 bits per heavy atom. The van der Waals surface area contributed by atoms with Crippen LogP contribution in [0.5, 0.6) is 0 Å². The minimum absolute atomic E-state index is 0.289. The van der Waals surface area contributed by atoms with E-state index in [1.165, 1.54) is 24.3 Å². The van der Waals surface area contributed by atoms with Crippen molar-refractivity contribution in [2.45, 2.75) is 36.2 Å². The number of rotatable bonds is 6. The molecular weight excluding hydrogens is 461 g/mol. The lowest BCUT2D eigenvalue weighted by Gasteiger charge is -2.34. The van der Waals surface area contributed by atoms with Crippen molar-refractivity contribution < 1.29 is 57.8 Å².